The van der Waals surface area contributed by atoms with E-state index in [0.717, 1.165) is 29.5 Å². The summed E-state index contributed by atoms with van der Waals surface area (Å²) < 4.78 is 0.962. The Balaban J connectivity index is 1.49. The number of hydrogen-bond donors (Lipinski definition) is 1. The maximum absolute atomic E-state index is 12.6. The first kappa shape index (κ1) is 15.1. The molecule has 4 nitrogen and oxygen atoms in total. The number of ketones is 1. The van der Waals surface area contributed by atoms with Gasteiger partial charge in [-0.15, -0.1) is 0 Å². The number of amides is 1. The largest absolute Gasteiger partial charge is 0.302 e. The number of thiazole rings is 1. The highest BCUT2D eigenvalue weighted by molar-refractivity contribution is 7.22. The second-order valence-corrected chi connectivity index (χ2v) is 7.98. The van der Waals surface area contributed by atoms with Gasteiger partial charge in [0, 0.05) is 22.8 Å². The van der Waals surface area contributed by atoms with Crippen LogP contribution in [0.2, 0.25) is 5.02 Å². The Morgan fingerprint density at radius 3 is 2.74 bits per heavy atom. The van der Waals surface area contributed by atoms with E-state index >= 15 is 0 Å². The highest BCUT2D eigenvalue weighted by Gasteiger charge is 2.41. The van der Waals surface area contributed by atoms with Gasteiger partial charge in [-0.1, -0.05) is 29.4 Å². The van der Waals surface area contributed by atoms with Gasteiger partial charge in [0.05, 0.1) is 10.2 Å². The minimum Gasteiger partial charge on any atom is -0.302 e. The van der Waals surface area contributed by atoms with Crippen molar-refractivity contribution in [3.8, 4) is 0 Å². The standard InChI is InChI=1S/C17H17ClN2O2S/c18-12-4-5-13-14(8-12)23-17(19-13)20-16(22)11-6-9-2-1-3-10(7-11)15(9)21/h4-5,8-11H,1-3,6-7H2,(H,19,20,22)/t9-,10+,11?. The molecule has 1 aromatic heterocycles. The van der Waals surface area contributed by atoms with Crippen molar-refractivity contribution in [3.05, 3.63) is 23.2 Å². The normalized spacial score (nSPS) is 27.2. The van der Waals surface area contributed by atoms with Crippen LogP contribution in [0.3, 0.4) is 0 Å². The lowest BCUT2D eigenvalue weighted by Gasteiger charge is -2.36. The fourth-order valence-corrected chi connectivity index (χ4v) is 5.00. The molecule has 1 unspecified atom stereocenters. The van der Waals surface area contributed by atoms with Crippen LogP contribution in [-0.4, -0.2) is 16.7 Å². The number of anilines is 1. The molecule has 0 saturated heterocycles. The van der Waals surface area contributed by atoms with Crippen LogP contribution in [0.5, 0.6) is 0 Å². The molecule has 0 radical (unpaired) electrons. The van der Waals surface area contributed by atoms with Crippen molar-refractivity contribution in [3.63, 3.8) is 0 Å². The van der Waals surface area contributed by atoms with Crippen LogP contribution in [0.15, 0.2) is 18.2 Å². The summed E-state index contributed by atoms with van der Waals surface area (Å²) in [7, 11) is 0. The Morgan fingerprint density at radius 2 is 2.00 bits per heavy atom. The SMILES string of the molecule is O=C(Nc1nc2ccc(Cl)cc2s1)C1C[C@H]2CCC[C@@H](C1)C2=O. The van der Waals surface area contributed by atoms with Gasteiger partial charge in [0.2, 0.25) is 5.91 Å². The Kier molecular flexibility index (Phi) is 3.85. The molecule has 2 saturated carbocycles. The van der Waals surface area contributed by atoms with Crippen LogP contribution < -0.4 is 5.32 Å². The molecule has 1 amide bonds. The first-order chi connectivity index (χ1) is 11.1. The van der Waals surface area contributed by atoms with Crippen molar-refractivity contribution in [2.75, 3.05) is 5.32 Å². The zero-order valence-electron chi connectivity index (χ0n) is 12.5. The number of rotatable bonds is 2. The van der Waals surface area contributed by atoms with E-state index in [1.165, 1.54) is 11.3 Å². The highest BCUT2D eigenvalue weighted by Crippen LogP contribution is 2.40. The molecular weight excluding hydrogens is 332 g/mol. The number of carbonyl (C=O) groups is 2. The molecule has 2 bridgehead atoms. The summed E-state index contributed by atoms with van der Waals surface area (Å²) in [6, 6.07) is 5.50. The third kappa shape index (κ3) is 2.88. The fraction of sp³-hybridized carbons (Fsp3) is 0.471. The van der Waals surface area contributed by atoms with Crippen LogP contribution >= 0.6 is 22.9 Å². The average molecular weight is 349 g/mol. The number of nitrogens with one attached hydrogen (secondary N) is 1. The Hall–Kier alpha value is -1.46. The number of benzene rings is 1. The van der Waals surface area contributed by atoms with E-state index in [-0.39, 0.29) is 23.7 Å². The van der Waals surface area contributed by atoms with E-state index in [1.54, 1.807) is 6.07 Å². The molecule has 2 fully saturated rings. The van der Waals surface area contributed by atoms with Gasteiger partial charge in [-0.3, -0.25) is 9.59 Å². The molecule has 1 aromatic carbocycles. The molecule has 1 N–H and O–H groups in total. The predicted molar refractivity (Wildman–Crippen MR) is 91.8 cm³/mol. The Labute approximate surface area is 143 Å². The van der Waals surface area contributed by atoms with Crippen molar-refractivity contribution in [1.29, 1.82) is 0 Å². The number of carbonyl (C=O) groups excluding carboxylic acids is 2. The first-order valence-electron chi connectivity index (χ1n) is 8.01. The fourth-order valence-electron chi connectivity index (χ4n) is 3.85. The van der Waals surface area contributed by atoms with E-state index in [2.05, 4.69) is 10.3 Å². The van der Waals surface area contributed by atoms with Gasteiger partial charge in [-0.05, 0) is 43.9 Å². The van der Waals surface area contributed by atoms with E-state index in [9.17, 15) is 9.59 Å². The number of hydrogen-bond acceptors (Lipinski definition) is 4. The van der Waals surface area contributed by atoms with Gasteiger partial charge >= 0.3 is 0 Å². The summed E-state index contributed by atoms with van der Waals surface area (Å²) in [5, 5.41) is 4.21. The van der Waals surface area contributed by atoms with Crippen molar-refractivity contribution in [2.24, 2.45) is 17.8 Å². The second kappa shape index (κ2) is 5.87. The van der Waals surface area contributed by atoms with Crippen LogP contribution in [0.4, 0.5) is 5.13 Å². The Bertz CT molecular complexity index is 772. The van der Waals surface area contributed by atoms with Crippen LogP contribution in [0, 0.1) is 17.8 Å². The lowest BCUT2D eigenvalue weighted by atomic mass is 9.67. The summed E-state index contributed by atoms with van der Waals surface area (Å²) in [5.74, 6) is 0.493. The number of fused-ring (bicyclic) bond motifs is 3. The van der Waals surface area contributed by atoms with Gasteiger partial charge in [0.15, 0.2) is 5.13 Å². The second-order valence-electron chi connectivity index (χ2n) is 6.52. The van der Waals surface area contributed by atoms with Crippen molar-refractivity contribution in [1.82, 2.24) is 4.98 Å². The summed E-state index contributed by atoms with van der Waals surface area (Å²) in [6.07, 6.45) is 4.39. The van der Waals surface area contributed by atoms with Gasteiger partial charge in [0.1, 0.15) is 5.78 Å². The zero-order valence-corrected chi connectivity index (χ0v) is 14.1. The highest BCUT2D eigenvalue weighted by atomic mass is 35.5. The molecule has 0 spiro atoms. The lowest BCUT2D eigenvalue weighted by molar-refractivity contribution is -0.136. The molecule has 2 aromatic rings. The van der Waals surface area contributed by atoms with E-state index in [1.807, 2.05) is 12.1 Å². The van der Waals surface area contributed by atoms with E-state index in [0.29, 0.717) is 28.8 Å². The van der Waals surface area contributed by atoms with Gasteiger partial charge in [-0.2, -0.15) is 0 Å². The smallest absolute Gasteiger partial charge is 0.229 e. The van der Waals surface area contributed by atoms with Gasteiger partial charge in [-0.25, -0.2) is 4.98 Å². The summed E-state index contributed by atoms with van der Waals surface area (Å²) in [4.78, 5) is 29.1. The van der Waals surface area contributed by atoms with Crippen molar-refractivity contribution >= 4 is 50.0 Å². The number of halogens is 1. The molecule has 23 heavy (non-hydrogen) atoms. The zero-order chi connectivity index (χ0) is 16.0. The topological polar surface area (TPSA) is 59.1 Å². The maximum atomic E-state index is 12.6. The first-order valence-corrected chi connectivity index (χ1v) is 9.20. The quantitative estimate of drug-likeness (QED) is 0.881. The third-order valence-corrected chi connectivity index (χ3v) is 6.17. The van der Waals surface area contributed by atoms with Crippen LogP contribution in [0.25, 0.3) is 10.2 Å². The molecule has 1 heterocycles. The van der Waals surface area contributed by atoms with Crippen molar-refractivity contribution in [2.45, 2.75) is 32.1 Å². The summed E-state index contributed by atoms with van der Waals surface area (Å²) >= 11 is 7.41. The van der Waals surface area contributed by atoms with E-state index in [4.69, 9.17) is 11.6 Å². The molecule has 4 rings (SSSR count). The van der Waals surface area contributed by atoms with Gasteiger partial charge < -0.3 is 5.32 Å². The monoisotopic (exact) mass is 348 g/mol. The summed E-state index contributed by atoms with van der Waals surface area (Å²) in [6.45, 7) is 0. The lowest BCUT2D eigenvalue weighted by Crippen LogP contribution is -2.40. The summed E-state index contributed by atoms with van der Waals surface area (Å²) in [5.41, 5.74) is 0.838. The minimum atomic E-state index is -0.0707. The average Bonchev–Trinajstić information content (AvgIpc) is 2.88. The van der Waals surface area contributed by atoms with Crippen LogP contribution in [0.1, 0.15) is 32.1 Å². The number of Topliss-reactive ketones (excluding diaryl/α,β-unsaturated/α-hetero) is 1. The third-order valence-electron chi connectivity index (χ3n) is 5.00. The van der Waals surface area contributed by atoms with Crippen LogP contribution in [-0.2, 0) is 9.59 Å². The molecule has 120 valence electrons. The minimum absolute atomic E-state index is 0.000414. The molecule has 2 aliphatic rings. The van der Waals surface area contributed by atoms with Crippen molar-refractivity contribution < 1.29 is 9.59 Å². The number of nitrogens with zero attached hydrogens (tertiary/aromatic N) is 1. The molecule has 6 heteroatoms. The molecule has 0 aliphatic heterocycles. The van der Waals surface area contributed by atoms with E-state index < -0.39 is 0 Å². The predicted octanol–water partition coefficient (Wildman–Crippen LogP) is 4.28. The maximum Gasteiger partial charge on any atom is 0.229 e. The molecule has 3 atom stereocenters. The number of aromatic nitrogens is 1. The molecule has 2 aliphatic carbocycles. The molecular formula is C17H17ClN2O2S. The Morgan fingerprint density at radius 1 is 1.26 bits per heavy atom. The van der Waals surface area contributed by atoms with Gasteiger partial charge in [0.25, 0.3) is 0 Å².